The van der Waals surface area contributed by atoms with Crippen molar-refractivity contribution < 1.29 is 14.2 Å². The maximum absolute atomic E-state index is 5.74. The van der Waals surface area contributed by atoms with E-state index in [2.05, 4.69) is 18.7 Å². The molecule has 1 unspecified atom stereocenters. The Kier molecular flexibility index (Phi) is 5.69. The molecule has 1 heterocycles. The summed E-state index contributed by atoms with van der Waals surface area (Å²) in [6.07, 6.45) is 1.46. The maximum Gasteiger partial charge on any atom is 0.0715 e. The lowest BCUT2D eigenvalue weighted by Gasteiger charge is -2.34. The van der Waals surface area contributed by atoms with Gasteiger partial charge >= 0.3 is 0 Å². The van der Waals surface area contributed by atoms with Crippen LogP contribution >= 0.6 is 0 Å². The van der Waals surface area contributed by atoms with E-state index in [1.807, 2.05) is 0 Å². The number of ether oxygens (including phenoxy) is 3. The van der Waals surface area contributed by atoms with Crippen LogP contribution in [0, 0.1) is 0 Å². The summed E-state index contributed by atoms with van der Waals surface area (Å²) in [5.41, 5.74) is 0.105. The van der Waals surface area contributed by atoms with Gasteiger partial charge < -0.3 is 14.2 Å². The Morgan fingerprint density at radius 3 is 2.56 bits per heavy atom. The lowest BCUT2D eigenvalue weighted by Crippen LogP contribution is -2.46. The molecule has 0 bridgehead atoms. The third-order valence-electron chi connectivity index (χ3n) is 3.14. The van der Waals surface area contributed by atoms with Crippen molar-refractivity contribution in [2.45, 2.75) is 31.9 Å². The summed E-state index contributed by atoms with van der Waals surface area (Å²) in [5, 5.41) is 0. The van der Waals surface area contributed by atoms with E-state index in [0.29, 0.717) is 19.3 Å². The summed E-state index contributed by atoms with van der Waals surface area (Å²) >= 11 is 0. The molecule has 0 aliphatic carbocycles. The van der Waals surface area contributed by atoms with Gasteiger partial charge in [-0.2, -0.15) is 0 Å². The van der Waals surface area contributed by atoms with Crippen LogP contribution in [-0.2, 0) is 14.2 Å². The predicted molar refractivity (Wildman–Crippen MR) is 63.8 cm³/mol. The van der Waals surface area contributed by atoms with E-state index in [1.165, 1.54) is 0 Å². The van der Waals surface area contributed by atoms with Crippen LogP contribution in [0.15, 0.2) is 0 Å². The molecule has 16 heavy (non-hydrogen) atoms. The average molecular weight is 231 g/mol. The standard InChI is InChI=1S/C12H25NO3/c1-12(2,10-15-4)13-6-5-11(9-13)16-8-7-14-3/h11H,5-10H2,1-4H3. The Labute approximate surface area is 98.8 Å². The summed E-state index contributed by atoms with van der Waals surface area (Å²) in [5.74, 6) is 0. The first-order valence-corrected chi connectivity index (χ1v) is 5.94. The van der Waals surface area contributed by atoms with Gasteiger partial charge in [0.05, 0.1) is 25.9 Å². The molecule has 96 valence electrons. The summed E-state index contributed by atoms with van der Waals surface area (Å²) in [4.78, 5) is 2.44. The van der Waals surface area contributed by atoms with Crippen molar-refractivity contribution in [2.24, 2.45) is 0 Å². The van der Waals surface area contributed by atoms with Crippen LogP contribution in [0.1, 0.15) is 20.3 Å². The molecule has 0 spiro atoms. The molecule has 0 aromatic carbocycles. The molecule has 0 N–H and O–H groups in total. The van der Waals surface area contributed by atoms with Crippen LogP contribution < -0.4 is 0 Å². The summed E-state index contributed by atoms with van der Waals surface area (Å²) in [6, 6.07) is 0. The average Bonchev–Trinajstić information content (AvgIpc) is 2.67. The van der Waals surface area contributed by atoms with Gasteiger partial charge in [0.25, 0.3) is 0 Å². The second-order valence-electron chi connectivity index (χ2n) is 4.97. The normalized spacial score (nSPS) is 22.9. The zero-order chi connectivity index (χ0) is 12.0. The van der Waals surface area contributed by atoms with Crippen LogP contribution in [0.3, 0.4) is 0 Å². The molecular formula is C12H25NO3. The Hall–Kier alpha value is -0.160. The second kappa shape index (κ2) is 6.55. The Morgan fingerprint density at radius 1 is 1.19 bits per heavy atom. The Balaban J connectivity index is 2.28. The van der Waals surface area contributed by atoms with Gasteiger partial charge in [-0.15, -0.1) is 0 Å². The third-order valence-corrected chi connectivity index (χ3v) is 3.14. The van der Waals surface area contributed by atoms with Gasteiger partial charge in [0.2, 0.25) is 0 Å². The third kappa shape index (κ3) is 4.01. The summed E-state index contributed by atoms with van der Waals surface area (Å²) in [6.45, 7) is 8.66. The summed E-state index contributed by atoms with van der Waals surface area (Å²) in [7, 11) is 3.45. The molecule has 4 nitrogen and oxygen atoms in total. The Bertz CT molecular complexity index is 197. The molecule has 1 aliphatic heterocycles. The number of methoxy groups -OCH3 is 2. The van der Waals surface area contributed by atoms with Crippen molar-refractivity contribution in [2.75, 3.05) is 47.1 Å². The number of rotatable bonds is 7. The quantitative estimate of drug-likeness (QED) is 0.615. The van der Waals surface area contributed by atoms with E-state index < -0.39 is 0 Å². The van der Waals surface area contributed by atoms with Crippen molar-refractivity contribution in [1.82, 2.24) is 4.90 Å². The first kappa shape index (κ1) is 13.9. The zero-order valence-corrected chi connectivity index (χ0v) is 11.0. The van der Waals surface area contributed by atoms with Gasteiger partial charge in [0.1, 0.15) is 0 Å². The van der Waals surface area contributed by atoms with E-state index in [0.717, 1.165) is 26.1 Å². The SMILES string of the molecule is COCCOC1CCN(C(C)(C)COC)C1. The van der Waals surface area contributed by atoms with Gasteiger partial charge in [0, 0.05) is 32.8 Å². The van der Waals surface area contributed by atoms with Crippen molar-refractivity contribution in [3.63, 3.8) is 0 Å². The minimum absolute atomic E-state index is 0.105. The molecule has 4 heteroatoms. The topological polar surface area (TPSA) is 30.9 Å². The van der Waals surface area contributed by atoms with E-state index >= 15 is 0 Å². The first-order chi connectivity index (χ1) is 7.60. The van der Waals surface area contributed by atoms with E-state index in [-0.39, 0.29) is 5.54 Å². The lowest BCUT2D eigenvalue weighted by atomic mass is 10.1. The molecule has 1 aliphatic rings. The smallest absolute Gasteiger partial charge is 0.0715 e. The van der Waals surface area contributed by atoms with E-state index in [9.17, 15) is 0 Å². The van der Waals surface area contributed by atoms with Gasteiger partial charge in [-0.3, -0.25) is 4.90 Å². The number of likely N-dealkylation sites (tertiary alicyclic amines) is 1. The van der Waals surface area contributed by atoms with Crippen LogP contribution in [0.2, 0.25) is 0 Å². The minimum Gasteiger partial charge on any atom is -0.383 e. The molecule has 0 aromatic rings. The van der Waals surface area contributed by atoms with Crippen LogP contribution in [-0.4, -0.2) is 63.7 Å². The number of hydrogen-bond acceptors (Lipinski definition) is 4. The largest absolute Gasteiger partial charge is 0.383 e. The molecule has 1 atom stereocenters. The highest BCUT2D eigenvalue weighted by molar-refractivity contribution is 4.88. The van der Waals surface area contributed by atoms with Crippen LogP contribution in [0.5, 0.6) is 0 Å². The van der Waals surface area contributed by atoms with E-state index in [4.69, 9.17) is 14.2 Å². The first-order valence-electron chi connectivity index (χ1n) is 5.94. The zero-order valence-electron chi connectivity index (χ0n) is 11.0. The van der Waals surface area contributed by atoms with Gasteiger partial charge in [-0.05, 0) is 20.3 Å². The van der Waals surface area contributed by atoms with Crippen molar-refractivity contribution in [3.05, 3.63) is 0 Å². The summed E-state index contributed by atoms with van der Waals surface area (Å²) < 4.78 is 16.0. The monoisotopic (exact) mass is 231 g/mol. The number of hydrogen-bond donors (Lipinski definition) is 0. The van der Waals surface area contributed by atoms with Crippen LogP contribution in [0.4, 0.5) is 0 Å². The molecule has 0 amide bonds. The highest BCUT2D eigenvalue weighted by Crippen LogP contribution is 2.22. The molecular weight excluding hydrogens is 206 g/mol. The molecule has 0 aromatic heterocycles. The Morgan fingerprint density at radius 2 is 1.94 bits per heavy atom. The molecule has 0 radical (unpaired) electrons. The molecule has 0 saturated carbocycles. The highest BCUT2D eigenvalue weighted by Gasteiger charge is 2.33. The van der Waals surface area contributed by atoms with Crippen LogP contribution in [0.25, 0.3) is 0 Å². The van der Waals surface area contributed by atoms with Gasteiger partial charge in [-0.25, -0.2) is 0 Å². The predicted octanol–water partition coefficient (Wildman–Crippen LogP) is 1.15. The fourth-order valence-electron chi connectivity index (χ4n) is 2.16. The minimum atomic E-state index is 0.105. The molecule has 1 saturated heterocycles. The molecule has 1 rings (SSSR count). The van der Waals surface area contributed by atoms with E-state index in [1.54, 1.807) is 14.2 Å². The number of nitrogens with zero attached hydrogens (tertiary/aromatic N) is 1. The maximum atomic E-state index is 5.74. The fourth-order valence-corrected chi connectivity index (χ4v) is 2.16. The van der Waals surface area contributed by atoms with Gasteiger partial charge in [0.15, 0.2) is 0 Å². The second-order valence-corrected chi connectivity index (χ2v) is 4.97. The van der Waals surface area contributed by atoms with Crippen molar-refractivity contribution in [1.29, 1.82) is 0 Å². The van der Waals surface area contributed by atoms with Crippen molar-refractivity contribution in [3.8, 4) is 0 Å². The van der Waals surface area contributed by atoms with Crippen molar-refractivity contribution >= 4 is 0 Å². The fraction of sp³-hybridized carbons (Fsp3) is 1.00. The lowest BCUT2D eigenvalue weighted by molar-refractivity contribution is 0.00472. The molecule has 1 fully saturated rings. The highest BCUT2D eigenvalue weighted by atomic mass is 16.5. The van der Waals surface area contributed by atoms with Gasteiger partial charge in [-0.1, -0.05) is 0 Å².